The third-order valence-corrected chi connectivity index (χ3v) is 3.87. The molecule has 0 spiro atoms. The van der Waals surface area contributed by atoms with Crippen molar-refractivity contribution in [3.05, 3.63) is 47.3 Å². The van der Waals surface area contributed by atoms with Gasteiger partial charge in [-0.25, -0.2) is 9.37 Å². The molecule has 0 aliphatic carbocycles. The second kappa shape index (κ2) is 8.58. The highest BCUT2D eigenvalue weighted by Crippen LogP contribution is 2.24. The van der Waals surface area contributed by atoms with Crippen LogP contribution in [0.2, 0.25) is 0 Å². The summed E-state index contributed by atoms with van der Waals surface area (Å²) in [6, 6.07) is 6.42. The van der Waals surface area contributed by atoms with Gasteiger partial charge in [-0.05, 0) is 18.2 Å². The fourth-order valence-electron chi connectivity index (χ4n) is 2.59. The number of pyridine rings is 1. The van der Waals surface area contributed by atoms with Gasteiger partial charge in [-0.2, -0.15) is 0 Å². The summed E-state index contributed by atoms with van der Waals surface area (Å²) in [5.41, 5.74) is 1.39. The first kappa shape index (κ1) is 18.1. The van der Waals surface area contributed by atoms with Crippen LogP contribution in [0.1, 0.15) is 5.56 Å². The molecule has 1 aromatic heterocycles. The summed E-state index contributed by atoms with van der Waals surface area (Å²) < 4.78 is 30.0. The Morgan fingerprint density at radius 1 is 1.40 bits per heavy atom. The lowest BCUT2D eigenvalue weighted by atomic mass is 10.1. The van der Waals surface area contributed by atoms with Crippen molar-refractivity contribution in [2.24, 2.45) is 0 Å². The Hall–Kier alpha value is -1.73. The number of ether oxygens (including phenoxy) is 3. The standard InChI is InChI=1S/C18H20ClFN2O3/c1-12(19)10-25-18-14(8-21-9-16-11-23-4-5-24-16)6-13-2-3-15(20)7-17(13)22-18/h2-3,6-7,16,21H,1,4-5,8-11H2. The lowest BCUT2D eigenvalue weighted by Gasteiger charge is -2.23. The quantitative estimate of drug-likeness (QED) is 0.816. The molecule has 1 unspecified atom stereocenters. The highest BCUT2D eigenvalue weighted by molar-refractivity contribution is 6.29. The molecule has 1 aliphatic rings. The molecule has 1 fully saturated rings. The van der Waals surface area contributed by atoms with Gasteiger partial charge in [0.1, 0.15) is 12.4 Å². The molecule has 1 atom stereocenters. The van der Waals surface area contributed by atoms with Gasteiger partial charge in [-0.15, -0.1) is 0 Å². The molecule has 1 aliphatic heterocycles. The van der Waals surface area contributed by atoms with Crippen LogP contribution < -0.4 is 10.1 Å². The average Bonchev–Trinajstić information content (AvgIpc) is 2.61. The predicted octanol–water partition coefficient (Wildman–Crippen LogP) is 3.01. The van der Waals surface area contributed by atoms with Crippen molar-refractivity contribution in [2.45, 2.75) is 12.6 Å². The molecule has 1 aromatic carbocycles. The molecule has 0 amide bonds. The minimum Gasteiger partial charge on any atom is -0.472 e. The summed E-state index contributed by atoms with van der Waals surface area (Å²) in [6.07, 6.45) is 0.0308. The monoisotopic (exact) mass is 366 g/mol. The molecule has 0 radical (unpaired) electrons. The first-order valence-electron chi connectivity index (χ1n) is 8.07. The van der Waals surface area contributed by atoms with E-state index in [9.17, 15) is 4.39 Å². The molecular formula is C18H20ClFN2O3. The zero-order valence-electron chi connectivity index (χ0n) is 13.8. The van der Waals surface area contributed by atoms with E-state index in [1.54, 1.807) is 6.07 Å². The second-order valence-electron chi connectivity index (χ2n) is 5.79. The minimum absolute atomic E-state index is 0.0308. The summed E-state index contributed by atoms with van der Waals surface area (Å²) in [5.74, 6) is 0.0706. The van der Waals surface area contributed by atoms with Crippen molar-refractivity contribution in [1.82, 2.24) is 10.3 Å². The van der Waals surface area contributed by atoms with Crippen LogP contribution in [0.25, 0.3) is 10.9 Å². The molecule has 1 N–H and O–H groups in total. The van der Waals surface area contributed by atoms with E-state index < -0.39 is 0 Å². The van der Waals surface area contributed by atoms with Crippen LogP contribution in [0, 0.1) is 5.82 Å². The number of nitrogens with zero attached hydrogens (tertiary/aromatic N) is 1. The normalized spacial score (nSPS) is 17.6. The van der Waals surface area contributed by atoms with E-state index in [1.165, 1.54) is 12.1 Å². The van der Waals surface area contributed by atoms with E-state index in [0.29, 0.717) is 49.3 Å². The van der Waals surface area contributed by atoms with Crippen molar-refractivity contribution in [2.75, 3.05) is 33.0 Å². The Morgan fingerprint density at radius 3 is 3.04 bits per heavy atom. The summed E-state index contributed by atoms with van der Waals surface area (Å²) in [5, 5.41) is 4.53. The molecule has 3 rings (SSSR count). The Kier molecular flexibility index (Phi) is 6.20. The van der Waals surface area contributed by atoms with Crippen molar-refractivity contribution in [1.29, 1.82) is 0 Å². The van der Waals surface area contributed by atoms with Crippen LogP contribution in [-0.4, -0.2) is 44.1 Å². The number of rotatable bonds is 7. The van der Waals surface area contributed by atoms with Gasteiger partial charge in [0.05, 0.1) is 31.4 Å². The number of aromatic nitrogens is 1. The Morgan fingerprint density at radius 2 is 2.28 bits per heavy atom. The molecule has 0 saturated carbocycles. The summed E-state index contributed by atoms with van der Waals surface area (Å²) in [6.45, 7) is 6.77. The number of halogens is 2. The fraction of sp³-hybridized carbons (Fsp3) is 0.389. The number of hydrogen-bond acceptors (Lipinski definition) is 5. The zero-order valence-corrected chi connectivity index (χ0v) is 14.5. The van der Waals surface area contributed by atoms with Crippen LogP contribution in [0.5, 0.6) is 5.88 Å². The van der Waals surface area contributed by atoms with Crippen molar-refractivity contribution in [3.63, 3.8) is 0 Å². The average molecular weight is 367 g/mol. The van der Waals surface area contributed by atoms with E-state index in [-0.39, 0.29) is 18.5 Å². The lowest BCUT2D eigenvalue weighted by molar-refractivity contribution is -0.0864. The number of hydrogen-bond donors (Lipinski definition) is 1. The molecule has 2 aromatic rings. The van der Waals surface area contributed by atoms with Gasteiger partial charge in [0.15, 0.2) is 0 Å². The van der Waals surface area contributed by atoms with Crippen molar-refractivity contribution < 1.29 is 18.6 Å². The molecular weight excluding hydrogens is 347 g/mol. The summed E-state index contributed by atoms with van der Waals surface area (Å²) >= 11 is 5.78. The van der Waals surface area contributed by atoms with Crippen LogP contribution in [0.4, 0.5) is 4.39 Å². The van der Waals surface area contributed by atoms with Gasteiger partial charge >= 0.3 is 0 Å². The third-order valence-electron chi connectivity index (χ3n) is 3.76. The van der Waals surface area contributed by atoms with E-state index in [1.807, 2.05) is 6.07 Å². The first-order valence-corrected chi connectivity index (χ1v) is 8.45. The molecule has 134 valence electrons. The maximum Gasteiger partial charge on any atom is 0.218 e. The van der Waals surface area contributed by atoms with Crippen molar-refractivity contribution in [3.8, 4) is 5.88 Å². The third kappa shape index (κ3) is 5.12. The maximum atomic E-state index is 13.4. The molecule has 2 heterocycles. The van der Waals surface area contributed by atoms with Gasteiger partial charge < -0.3 is 19.5 Å². The van der Waals surface area contributed by atoms with Crippen LogP contribution in [0.15, 0.2) is 35.9 Å². The zero-order chi connectivity index (χ0) is 17.6. The van der Waals surface area contributed by atoms with Crippen molar-refractivity contribution >= 4 is 22.5 Å². The molecule has 1 saturated heterocycles. The van der Waals surface area contributed by atoms with Gasteiger partial charge in [0, 0.05) is 35.1 Å². The van der Waals surface area contributed by atoms with Crippen LogP contribution >= 0.6 is 11.6 Å². The van der Waals surface area contributed by atoms with E-state index in [4.69, 9.17) is 25.8 Å². The predicted molar refractivity (Wildman–Crippen MR) is 94.5 cm³/mol. The Labute approximate surface area is 150 Å². The summed E-state index contributed by atoms with van der Waals surface area (Å²) in [4.78, 5) is 4.42. The van der Waals surface area contributed by atoms with Gasteiger partial charge in [0.2, 0.25) is 5.88 Å². The van der Waals surface area contributed by atoms with Gasteiger partial charge in [-0.1, -0.05) is 18.2 Å². The number of benzene rings is 1. The number of nitrogens with one attached hydrogen (secondary N) is 1. The highest BCUT2D eigenvalue weighted by atomic mass is 35.5. The summed E-state index contributed by atoms with van der Waals surface area (Å²) in [7, 11) is 0. The van der Waals surface area contributed by atoms with Gasteiger partial charge in [-0.3, -0.25) is 0 Å². The number of fused-ring (bicyclic) bond motifs is 1. The van der Waals surface area contributed by atoms with E-state index in [0.717, 1.165) is 10.9 Å². The molecule has 25 heavy (non-hydrogen) atoms. The van der Waals surface area contributed by atoms with E-state index in [2.05, 4.69) is 16.9 Å². The second-order valence-corrected chi connectivity index (χ2v) is 6.33. The Balaban J connectivity index is 1.74. The largest absolute Gasteiger partial charge is 0.472 e. The SMILES string of the molecule is C=C(Cl)COc1nc2cc(F)ccc2cc1CNCC1COCCO1. The fourth-order valence-corrected chi connectivity index (χ4v) is 2.64. The van der Waals surface area contributed by atoms with Crippen LogP contribution in [-0.2, 0) is 16.0 Å². The van der Waals surface area contributed by atoms with E-state index >= 15 is 0 Å². The van der Waals surface area contributed by atoms with Crippen LogP contribution in [0.3, 0.4) is 0 Å². The topological polar surface area (TPSA) is 52.6 Å². The minimum atomic E-state index is -0.340. The molecule has 7 heteroatoms. The lowest BCUT2D eigenvalue weighted by Crippen LogP contribution is -2.37. The Bertz CT molecular complexity index is 750. The maximum absolute atomic E-state index is 13.4. The smallest absolute Gasteiger partial charge is 0.218 e. The molecule has 0 bridgehead atoms. The van der Waals surface area contributed by atoms with Gasteiger partial charge in [0.25, 0.3) is 0 Å². The molecule has 5 nitrogen and oxygen atoms in total. The first-order chi connectivity index (χ1) is 12.1. The highest BCUT2D eigenvalue weighted by Gasteiger charge is 2.15.